The summed E-state index contributed by atoms with van der Waals surface area (Å²) in [6.07, 6.45) is 3.94. The van der Waals surface area contributed by atoms with Gasteiger partial charge < -0.3 is 15.3 Å². The van der Waals surface area contributed by atoms with Crippen LogP contribution < -0.4 is 0 Å². The lowest BCUT2D eigenvalue weighted by molar-refractivity contribution is -0.134. The van der Waals surface area contributed by atoms with Crippen LogP contribution in [0.3, 0.4) is 0 Å². The molecule has 0 spiro atoms. The highest BCUT2D eigenvalue weighted by Gasteiger charge is 2.33. The Balaban J connectivity index is 0.000000402. The molecule has 0 saturated heterocycles. The molecule has 7 heteroatoms. The Morgan fingerprint density at radius 1 is 0.676 bits per heavy atom. The number of aliphatic carboxylic acids is 1. The van der Waals surface area contributed by atoms with Crippen molar-refractivity contribution in [1.29, 1.82) is 0 Å². The Morgan fingerprint density at radius 2 is 0.973 bits per heavy atom. The van der Waals surface area contributed by atoms with Crippen molar-refractivity contribution in [3.8, 4) is 0 Å². The topological polar surface area (TPSA) is 112 Å². The number of hydrogen-bond donors (Lipinski definition) is 3. The van der Waals surface area contributed by atoms with Crippen molar-refractivity contribution in [2.45, 2.75) is 67.2 Å². The predicted octanol–water partition coefficient (Wildman–Crippen LogP) is 5.86. The van der Waals surface area contributed by atoms with Gasteiger partial charge >= 0.3 is 5.97 Å². The molecule has 0 atom stereocenters. The Morgan fingerprint density at radius 3 is 1.22 bits per heavy atom. The fourth-order valence-electron chi connectivity index (χ4n) is 5.27. The minimum atomic E-state index is -2.04. The van der Waals surface area contributed by atoms with E-state index in [1.165, 1.54) is 0 Å². The zero-order chi connectivity index (χ0) is 27.9. The number of aliphatic hydroxyl groups excluding tert-OH is 2. The SMILES string of the molecule is Cc1cc(C)c(C(=O)P(CC(=O)O)C(=O)c2c(C)cc(C)cc2C)c(C)c1.OCC1CCC(CO)CC1. The lowest BCUT2D eigenvalue weighted by Crippen LogP contribution is -2.19. The smallest absolute Gasteiger partial charge is 0.308 e. The van der Waals surface area contributed by atoms with Crippen LogP contribution in [0.25, 0.3) is 0 Å². The number of carboxylic acid groups (broad SMARTS) is 1. The Kier molecular flexibility index (Phi) is 11.6. The van der Waals surface area contributed by atoms with Crippen LogP contribution in [-0.4, -0.2) is 51.7 Å². The maximum absolute atomic E-state index is 13.3. The zero-order valence-corrected chi connectivity index (χ0v) is 23.8. The van der Waals surface area contributed by atoms with Gasteiger partial charge in [-0.1, -0.05) is 35.4 Å². The third kappa shape index (κ3) is 8.29. The molecule has 0 bridgehead atoms. The van der Waals surface area contributed by atoms with Crippen LogP contribution >= 0.6 is 7.92 Å². The number of rotatable bonds is 8. The van der Waals surface area contributed by atoms with E-state index in [0.717, 1.165) is 59.1 Å². The fraction of sp³-hybridized carbons (Fsp3) is 0.500. The first-order valence-corrected chi connectivity index (χ1v) is 14.4. The molecule has 1 fully saturated rings. The molecule has 0 aromatic heterocycles. The second-order valence-electron chi connectivity index (χ2n) is 10.4. The van der Waals surface area contributed by atoms with Gasteiger partial charge in [0.05, 0.1) is 14.1 Å². The van der Waals surface area contributed by atoms with Crippen LogP contribution in [0, 0.1) is 53.4 Å². The van der Waals surface area contributed by atoms with Crippen LogP contribution in [0.1, 0.15) is 79.8 Å². The van der Waals surface area contributed by atoms with E-state index in [2.05, 4.69) is 0 Å². The molecule has 0 aliphatic heterocycles. The van der Waals surface area contributed by atoms with Gasteiger partial charge in [-0.05, 0) is 101 Å². The normalized spacial score (nSPS) is 17.2. The minimum Gasteiger partial charge on any atom is -0.481 e. The molecule has 1 saturated carbocycles. The number of carbonyl (C=O) groups is 3. The number of carboxylic acids is 1. The molecule has 3 rings (SSSR count). The van der Waals surface area contributed by atoms with Crippen molar-refractivity contribution in [3.63, 3.8) is 0 Å². The first-order valence-electron chi connectivity index (χ1n) is 12.8. The van der Waals surface area contributed by atoms with Gasteiger partial charge in [0.1, 0.15) is 0 Å². The van der Waals surface area contributed by atoms with Gasteiger partial charge in [0.15, 0.2) is 11.0 Å². The summed E-state index contributed by atoms with van der Waals surface area (Å²) >= 11 is 0. The second kappa shape index (κ2) is 13.9. The van der Waals surface area contributed by atoms with Crippen molar-refractivity contribution in [1.82, 2.24) is 0 Å². The summed E-state index contributed by atoms with van der Waals surface area (Å²) in [5, 5.41) is 26.9. The van der Waals surface area contributed by atoms with E-state index in [1.807, 2.05) is 65.8 Å². The highest BCUT2D eigenvalue weighted by molar-refractivity contribution is 7.90. The lowest BCUT2D eigenvalue weighted by Gasteiger charge is -2.25. The Labute approximate surface area is 221 Å². The van der Waals surface area contributed by atoms with Crippen molar-refractivity contribution < 1.29 is 29.7 Å². The van der Waals surface area contributed by atoms with Gasteiger partial charge in [-0.2, -0.15) is 0 Å². The van der Waals surface area contributed by atoms with E-state index in [-0.39, 0.29) is 11.0 Å². The summed E-state index contributed by atoms with van der Waals surface area (Å²) in [5.41, 5.74) is 5.41. The van der Waals surface area contributed by atoms with Gasteiger partial charge in [-0.15, -0.1) is 0 Å². The average Bonchev–Trinajstić information content (AvgIpc) is 2.81. The first-order chi connectivity index (χ1) is 17.4. The Hall–Kier alpha value is -2.40. The molecule has 37 heavy (non-hydrogen) atoms. The van der Waals surface area contributed by atoms with E-state index < -0.39 is 20.1 Å². The van der Waals surface area contributed by atoms with Crippen LogP contribution in [-0.2, 0) is 4.79 Å². The molecule has 2 aromatic rings. The van der Waals surface area contributed by atoms with Crippen LogP contribution in [0.15, 0.2) is 24.3 Å². The fourth-order valence-corrected chi connectivity index (χ4v) is 7.26. The monoisotopic (exact) mass is 528 g/mol. The van der Waals surface area contributed by atoms with Crippen LogP contribution in [0.4, 0.5) is 0 Å². The highest BCUT2D eigenvalue weighted by atomic mass is 31.1. The average molecular weight is 529 g/mol. The largest absolute Gasteiger partial charge is 0.481 e. The van der Waals surface area contributed by atoms with Crippen LogP contribution in [0.5, 0.6) is 0 Å². The maximum atomic E-state index is 13.3. The van der Waals surface area contributed by atoms with E-state index in [0.29, 0.717) is 36.2 Å². The molecule has 0 unspecified atom stereocenters. The van der Waals surface area contributed by atoms with Crippen LogP contribution in [0.2, 0.25) is 0 Å². The summed E-state index contributed by atoms with van der Waals surface area (Å²) < 4.78 is 0. The molecule has 3 N–H and O–H groups in total. The first kappa shape index (κ1) is 30.8. The van der Waals surface area contributed by atoms with Crippen molar-refractivity contribution in [2.75, 3.05) is 19.4 Å². The van der Waals surface area contributed by atoms with Crippen molar-refractivity contribution in [3.05, 3.63) is 68.8 Å². The van der Waals surface area contributed by atoms with Gasteiger partial charge in [-0.25, -0.2) is 0 Å². The standard InChI is InChI=1S/C22H25O4P.C8H16O2/c1-12-7-14(3)19(15(4)8-12)21(25)27(11-18(23)24)22(26)20-16(5)9-13(2)10-17(20)6;9-5-7-1-2-8(6-10)4-3-7/h7-10H,11H2,1-6H3,(H,23,24);7-10H,1-6H2. The third-order valence-corrected chi connectivity index (χ3v) is 9.06. The second-order valence-corrected chi connectivity index (χ2v) is 12.4. The lowest BCUT2D eigenvalue weighted by atomic mass is 9.83. The Bertz CT molecular complexity index is 1000. The molecule has 0 radical (unpaired) electrons. The minimum absolute atomic E-state index is 0.331. The number of carbonyl (C=O) groups excluding carboxylic acids is 2. The summed E-state index contributed by atoms with van der Waals surface area (Å²) in [6, 6.07) is 7.56. The van der Waals surface area contributed by atoms with Gasteiger partial charge in [-0.3, -0.25) is 14.4 Å². The molecular weight excluding hydrogens is 487 g/mol. The summed E-state index contributed by atoms with van der Waals surface area (Å²) in [5.74, 6) is -0.0988. The van der Waals surface area contributed by atoms with Gasteiger partial charge in [0, 0.05) is 24.3 Å². The molecule has 1 aliphatic carbocycles. The van der Waals surface area contributed by atoms with E-state index in [9.17, 15) is 19.5 Å². The molecular formula is C30H41O6P. The summed E-state index contributed by atoms with van der Waals surface area (Å²) in [6.45, 7) is 11.9. The van der Waals surface area contributed by atoms with E-state index in [4.69, 9.17) is 10.2 Å². The molecule has 2 aromatic carbocycles. The van der Waals surface area contributed by atoms with Crippen molar-refractivity contribution >= 4 is 24.9 Å². The number of hydrogen-bond acceptors (Lipinski definition) is 5. The predicted molar refractivity (Wildman–Crippen MR) is 149 cm³/mol. The quantitative estimate of drug-likeness (QED) is 0.370. The third-order valence-electron chi connectivity index (χ3n) is 7.05. The molecule has 0 amide bonds. The van der Waals surface area contributed by atoms with E-state index in [1.54, 1.807) is 0 Å². The van der Waals surface area contributed by atoms with Gasteiger partial charge in [0.2, 0.25) is 0 Å². The molecule has 6 nitrogen and oxygen atoms in total. The number of benzene rings is 2. The van der Waals surface area contributed by atoms with Crippen molar-refractivity contribution in [2.24, 2.45) is 11.8 Å². The highest BCUT2D eigenvalue weighted by Crippen LogP contribution is 2.45. The molecule has 0 heterocycles. The molecule has 202 valence electrons. The molecule has 1 aliphatic rings. The van der Waals surface area contributed by atoms with E-state index >= 15 is 0 Å². The summed E-state index contributed by atoms with van der Waals surface area (Å²) in [4.78, 5) is 38.0. The number of aryl methyl sites for hydroxylation is 6. The summed E-state index contributed by atoms with van der Waals surface area (Å²) in [7, 11) is -2.04. The maximum Gasteiger partial charge on any atom is 0.308 e. The number of aliphatic hydroxyl groups is 2. The zero-order valence-electron chi connectivity index (χ0n) is 22.9. The van der Waals surface area contributed by atoms with Gasteiger partial charge in [0.25, 0.3) is 0 Å².